The van der Waals surface area contributed by atoms with Gasteiger partial charge in [0.15, 0.2) is 5.65 Å². The maximum absolute atomic E-state index is 6.43. The van der Waals surface area contributed by atoms with Crippen LogP contribution in [-0.4, -0.2) is 62.4 Å². The Morgan fingerprint density at radius 3 is 2.06 bits per heavy atom. The first kappa shape index (κ1) is 36.2. The lowest BCUT2D eigenvalue weighted by Crippen LogP contribution is -2.34. The predicted molar refractivity (Wildman–Crippen MR) is 207 cm³/mol. The SMILES string of the molecule is C=C(C)c1c(CC2CCCCC2)nc2c(-c3ccc(-c4ccccc4)nc3)cnn2c1N(COCC[Si](C)(C)C)COCC[Si](C)(C)C. The Hall–Kier alpha value is -3.12. The summed E-state index contributed by atoms with van der Waals surface area (Å²) in [7, 11) is -2.49. The van der Waals surface area contributed by atoms with Crippen molar-refractivity contribution >= 4 is 33.2 Å². The van der Waals surface area contributed by atoms with Crippen LogP contribution in [0.15, 0.2) is 61.4 Å². The molecule has 1 aliphatic rings. The molecule has 48 heavy (non-hydrogen) atoms. The summed E-state index contributed by atoms with van der Waals surface area (Å²) in [5.74, 6) is 1.58. The Kier molecular flexibility index (Phi) is 12.1. The van der Waals surface area contributed by atoms with Gasteiger partial charge in [-0.05, 0) is 43.0 Å². The van der Waals surface area contributed by atoms with Gasteiger partial charge in [-0.2, -0.15) is 9.61 Å². The number of pyridine rings is 1. The molecule has 3 aromatic heterocycles. The molecule has 0 atom stereocenters. The van der Waals surface area contributed by atoms with Crippen LogP contribution in [0, 0.1) is 5.92 Å². The summed E-state index contributed by atoms with van der Waals surface area (Å²) < 4.78 is 14.9. The molecule has 1 saturated carbocycles. The van der Waals surface area contributed by atoms with E-state index in [0.717, 1.165) is 82.4 Å². The third kappa shape index (κ3) is 9.74. The van der Waals surface area contributed by atoms with Crippen LogP contribution in [0.1, 0.15) is 50.3 Å². The van der Waals surface area contributed by atoms with Crippen LogP contribution in [0.3, 0.4) is 0 Å². The smallest absolute Gasteiger partial charge is 0.165 e. The molecule has 4 aromatic rings. The number of fused-ring (bicyclic) bond motifs is 1. The Morgan fingerprint density at radius 1 is 0.854 bits per heavy atom. The molecule has 0 saturated heterocycles. The molecule has 3 heterocycles. The van der Waals surface area contributed by atoms with Gasteiger partial charge in [0.1, 0.15) is 19.3 Å². The van der Waals surface area contributed by atoms with E-state index in [9.17, 15) is 0 Å². The normalized spacial score (nSPS) is 14.5. The number of hydrogen-bond donors (Lipinski definition) is 0. The van der Waals surface area contributed by atoms with E-state index in [0.29, 0.717) is 19.4 Å². The van der Waals surface area contributed by atoms with Crippen molar-refractivity contribution in [2.24, 2.45) is 5.92 Å². The van der Waals surface area contributed by atoms with Crippen molar-refractivity contribution in [1.29, 1.82) is 0 Å². The monoisotopic (exact) mass is 683 g/mol. The van der Waals surface area contributed by atoms with E-state index in [1.165, 1.54) is 32.1 Å². The molecule has 258 valence electrons. The van der Waals surface area contributed by atoms with Crippen LogP contribution < -0.4 is 4.90 Å². The lowest BCUT2D eigenvalue weighted by Gasteiger charge is -2.30. The molecule has 0 amide bonds. The Morgan fingerprint density at radius 2 is 1.50 bits per heavy atom. The highest BCUT2D eigenvalue weighted by Gasteiger charge is 2.27. The first-order chi connectivity index (χ1) is 22.9. The fourth-order valence-electron chi connectivity index (χ4n) is 6.37. The Labute approximate surface area is 290 Å². The highest BCUT2D eigenvalue weighted by molar-refractivity contribution is 6.76. The van der Waals surface area contributed by atoms with Gasteiger partial charge in [-0.15, -0.1) is 0 Å². The fourth-order valence-corrected chi connectivity index (χ4v) is 7.88. The number of anilines is 1. The second-order valence-corrected chi connectivity index (χ2v) is 27.3. The standard InChI is InChI=1S/C39H57N5O2Si2/c1-30(2)37-36(25-31-15-11-9-12-16-31)42-38-34(33-19-20-35(40-26-33)32-17-13-10-14-18-32)27-41-44(38)39(37)43(28-45-21-23-47(3,4)5)29-46-22-24-48(6,7)8/h10,13-14,17-20,26-27,31H,1,9,11-12,15-16,21-25,28-29H2,2-8H3. The van der Waals surface area contributed by atoms with Crippen LogP contribution >= 0.6 is 0 Å². The predicted octanol–water partition coefficient (Wildman–Crippen LogP) is 10.0. The highest BCUT2D eigenvalue weighted by Crippen LogP contribution is 2.37. The van der Waals surface area contributed by atoms with Gasteiger partial charge >= 0.3 is 0 Å². The lowest BCUT2D eigenvalue weighted by atomic mass is 9.85. The van der Waals surface area contributed by atoms with E-state index in [2.05, 4.69) is 82.0 Å². The molecule has 5 rings (SSSR count). The van der Waals surface area contributed by atoms with Gasteiger partial charge in [0.2, 0.25) is 0 Å². The fraction of sp³-hybridized carbons (Fsp3) is 0.513. The first-order valence-corrected chi connectivity index (χ1v) is 25.3. The van der Waals surface area contributed by atoms with Crippen molar-refractivity contribution in [3.63, 3.8) is 0 Å². The number of benzene rings is 1. The van der Waals surface area contributed by atoms with E-state index < -0.39 is 16.1 Å². The van der Waals surface area contributed by atoms with E-state index in [1.807, 2.05) is 35.1 Å². The summed E-state index contributed by atoms with van der Waals surface area (Å²) in [4.78, 5) is 12.5. The summed E-state index contributed by atoms with van der Waals surface area (Å²) in [5.41, 5.74) is 8.02. The molecule has 0 bridgehead atoms. The zero-order valence-electron chi connectivity index (χ0n) is 30.5. The zero-order chi connectivity index (χ0) is 34.3. The van der Waals surface area contributed by atoms with Crippen LogP contribution in [0.5, 0.6) is 0 Å². The van der Waals surface area contributed by atoms with Crippen molar-refractivity contribution in [2.75, 3.05) is 31.6 Å². The molecule has 0 spiro atoms. The third-order valence-electron chi connectivity index (χ3n) is 9.26. The third-order valence-corrected chi connectivity index (χ3v) is 12.7. The summed E-state index contributed by atoms with van der Waals surface area (Å²) in [6.07, 6.45) is 11.2. The molecule has 1 fully saturated rings. The summed E-state index contributed by atoms with van der Waals surface area (Å²) >= 11 is 0. The maximum Gasteiger partial charge on any atom is 0.165 e. The maximum atomic E-state index is 6.43. The van der Waals surface area contributed by atoms with Gasteiger partial charge in [-0.1, -0.05) is 114 Å². The van der Waals surface area contributed by atoms with E-state index >= 15 is 0 Å². The quantitative estimate of drug-likeness (QED) is 0.0666. The molecule has 0 unspecified atom stereocenters. The van der Waals surface area contributed by atoms with Gasteiger partial charge in [0.05, 0.1) is 17.6 Å². The minimum absolute atomic E-state index is 0.419. The van der Waals surface area contributed by atoms with Crippen LogP contribution in [0.2, 0.25) is 51.4 Å². The first-order valence-electron chi connectivity index (χ1n) is 17.9. The molecule has 0 N–H and O–H groups in total. The number of rotatable bonds is 16. The topological polar surface area (TPSA) is 64.8 Å². The summed E-state index contributed by atoms with van der Waals surface area (Å²) in [6.45, 7) is 23.3. The average molecular weight is 684 g/mol. The van der Waals surface area contributed by atoms with Crippen molar-refractivity contribution in [2.45, 2.75) is 96.8 Å². The second kappa shape index (κ2) is 16.1. The van der Waals surface area contributed by atoms with Crippen molar-refractivity contribution < 1.29 is 9.47 Å². The average Bonchev–Trinajstić information content (AvgIpc) is 3.47. The molecule has 0 aliphatic heterocycles. The minimum Gasteiger partial charge on any atom is -0.361 e. The molecule has 1 aromatic carbocycles. The van der Waals surface area contributed by atoms with Crippen molar-refractivity contribution in [3.8, 4) is 22.4 Å². The van der Waals surface area contributed by atoms with Gasteiger partial charge < -0.3 is 14.4 Å². The largest absolute Gasteiger partial charge is 0.361 e. The van der Waals surface area contributed by atoms with E-state index in [1.54, 1.807) is 0 Å². The van der Waals surface area contributed by atoms with E-state index in [-0.39, 0.29) is 0 Å². The number of hydrogen-bond acceptors (Lipinski definition) is 6. The molecular formula is C39H57N5O2Si2. The van der Waals surface area contributed by atoms with Crippen molar-refractivity contribution in [3.05, 3.63) is 72.7 Å². The van der Waals surface area contributed by atoms with Crippen LogP contribution in [0.4, 0.5) is 5.82 Å². The van der Waals surface area contributed by atoms with Crippen LogP contribution in [-0.2, 0) is 15.9 Å². The molecule has 9 heteroatoms. The highest BCUT2D eigenvalue weighted by atomic mass is 28.3. The molecule has 7 nitrogen and oxygen atoms in total. The number of aromatic nitrogens is 4. The zero-order valence-corrected chi connectivity index (χ0v) is 32.5. The van der Waals surface area contributed by atoms with Gasteiger partial charge in [0, 0.05) is 57.8 Å². The molecule has 1 aliphatic carbocycles. The van der Waals surface area contributed by atoms with Crippen molar-refractivity contribution in [1.82, 2.24) is 19.6 Å². The molecule has 0 radical (unpaired) electrons. The second-order valence-electron chi connectivity index (χ2n) is 16.1. The Balaban J connectivity index is 1.59. The van der Waals surface area contributed by atoms with Gasteiger partial charge in [0.25, 0.3) is 0 Å². The number of nitrogens with zero attached hydrogens (tertiary/aromatic N) is 5. The molecular weight excluding hydrogens is 627 g/mol. The summed E-state index contributed by atoms with van der Waals surface area (Å²) in [6, 6.07) is 16.8. The van der Waals surface area contributed by atoms with E-state index in [4.69, 9.17) is 24.5 Å². The Bertz CT molecular complexity index is 1610. The number of ether oxygens (including phenoxy) is 2. The van der Waals surface area contributed by atoms with Gasteiger partial charge in [-0.25, -0.2) is 4.98 Å². The van der Waals surface area contributed by atoms with Crippen LogP contribution in [0.25, 0.3) is 33.6 Å². The lowest BCUT2D eigenvalue weighted by molar-refractivity contribution is 0.0942. The minimum atomic E-state index is -1.25. The van der Waals surface area contributed by atoms with Gasteiger partial charge in [-0.3, -0.25) is 4.98 Å². The summed E-state index contributed by atoms with van der Waals surface area (Å²) in [5, 5.41) is 5.01. The number of allylic oxidation sites excluding steroid dienone is 1.